The van der Waals surface area contributed by atoms with Gasteiger partial charge in [0.1, 0.15) is 5.94 Å². The number of hydrogen-bond acceptors (Lipinski definition) is 3. The molecule has 9 heavy (non-hydrogen) atoms. The minimum Gasteiger partial charge on any atom is -0.233 e. The Bertz CT molecular complexity index is 263. The maximum atomic E-state index is 9.78. The van der Waals surface area contributed by atoms with Crippen LogP contribution in [-0.4, -0.2) is 17.3 Å². The van der Waals surface area contributed by atoms with Gasteiger partial charge in [0.25, 0.3) is 0 Å². The third kappa shape index (κ3) is 2.10. The number of rotatable bonds is 1. The van der Waals surface area contributed by atoms with Crippen molar-refractivity contribution >= 4 is 24.4 Å². The Hall–Kier alpha value is -1.09. The summed E-state index contributed by atoms with van der Waals surface area (Å²) in [6, 6.07) is 0. The molecule has 0 aromatic rings. The van der Waals surface area contributed by atoms with Crippen molar-refractivity contribution in [1.82, 2.24) is 0 Å². The van der Waals surface area contributed by atoms with E-state index in [1.807, 2.05) is 0 Å². The van der Waals surface area contributed by atoms with Crippen molar-refractivity contribution in [1.29, 1.82) is 0 Å². The average molecular weight is 142 g/mol. The minimum absolute atomic E-state index is 0.0787. The zero-order valence-electron chi connectivity index (χ0n) is 4.67. The molecule has 4 heteroatoms. The largest absolute Gasteiger partial charge is 0.233 e. The van der Waals surface area contributed by atoms with Crippen molar-refractivity contribution in [2.45, 2.75) is 6.92 Å². The van der Waals surface area contributed by atoms with Gasteiger partial charge in [-0.15, -0.1) is 0 Å². The molecule has 0 amide bonds. The molecule has 0 saturated heterocycles. The van der Waals surface area contributed by atoms with Gasteiger partial charge in [0.05, 0.1) is 12.5 Å². The lowest BCUT2D eigenvalue weighted by Gasteiger charge is -1.71. The predicted octanol–water partition coefficient (Wildman–Crippen LogP) is 0.338. The molecule has 0 unspecified atom stereocenters. The van der Waals surface area contributed by atoms with E-state index in [1.165, 1.54) is 24.2 Å². The van der Waals surface area contributed by atoms with E-state index in [0.29, 0.717) is 0 Å². The molecular weight excluding hydrogens is 139 g/mol. The molecule has 0 aliphatic rings. The van der Waals surface area contributed by atoms with Crippen LogP contribution in [0.4, 0.5) is 0 Å². The maximum absolute atomic E-state index is 9.78. The molecule has 0 fully saturated rings. The lowest BCUT2D eigenvalue weighted by molar-refractivity contribution is 0.567. The van der Waals surface area contributed by atoms with Gasteiger partial charge >= 0.3 is 0 Å². The number of hydrogen-bond donors (Lipinski definition) is 0. The van der Waals surface area contributed by atoms with Crippen LogP contribution in [0.15, 0.2) is 5.31 Å². The second-order valence-electron chi connectivity index (χ2n) is 1.21. The van der Waals surface area contributed by atoms with E-state index in [2.05, 4.69) is 0 Å². The normalized spacial score (nSPS) is 8.33. The standard InChI is InChI=1S/C5H3O3P/c1-5(2-6)9(3-7)4-8/h1H3. The van der Waals surface area contributed by atoms with Crippen molar-refractivity contribution in [3.8, 4) is 0 Å². The van der Waals surface area contributed by atoms with Crippen LogP contribution >= 0.6 is 7.17 Å². The van der Waals surface area contributed by atoms with Crippen LogP contribution in [0, 0.1) is 0 Å². The molecule has 46 valence electrons. The first-order chi connectivity index (χ1) is 4.26. The SMILES string of the molecule is CC(=C=O)P(=C=O)=C=O. The van der Waals surface area contributed by atoms with Gasteiger partial charge in [0.15, 0.2) is 11.3 Å². The van der Waals surface area contributed by atoms with Crippen LogP contribution in [0.25, 0.3) is 0 Å². The highest BCUT2D eigenvalue weighted by Gasteiger charge is 1.87. The summed E-state index contributed by atoms with van der Waals surface area (Å²) < 4.78 is 0. The lowest BCUT2D eigenvalue weighted by atomic mass is 10.7. The molecule has 0 radical (unpaired) electrons. The Morgan fingerprint density at radius 1 is 1.22 bits per heavy atom. The van der Waals surface area contributed by atoms with Crippen molar-refractivity contribution < 1.29 is 14.4 Å². The predicted molar refractivity (Wildman–Crippen MR) is 33.2 cm³/mol. The number of allylic oxidation sites excluding steroid dienone is 1. The lowest BCUT2D eigenvalue weighted by Crippen LogP contribution is -1.60. The Kier molecular flexibility index (Phi) is 3.39. The van der Waals surface area contributed by atoms with E-state index in [4.69, 9.17) is 0 Å². The molecule has 0 aliphatic carbocycles. The number of carbonyl (C=O) groups excluding carboxylic acids is 3. The minimum atomic E-state index is -1.74. The first kappa shape index (κ1) is 7.91. The molecule has 3 nitrogen and oxygen atoms in total. The van der Waals surface area contributed by atoms with Crippen molar-refractivity contribution in [3.63, 3.8) is 0 Å². The summed E-state index contributed by atoms with van der Waals surface area (Å²) in [5, 5.41) is 0.0787. The molecule has 0 atom stereocenters. The van der Waals surface area contributed by atoms with Gasteiger partial charge in [-0.25, -0.2) is 14.4 Å². The first-order valence-electron chi connectivity index (χ1n) is 2.03. The van der Waals surface area contributed by atoms with Gasteiger partial charge in [0.2, 0.25) is 0 Å². The van der Waals surface area contributed by atoms with Gasteiger partial charge in [-0.2, -0.15) is 0 Å². The Balaban J connectivity index is 5.29. The zero-order valence-corrected chi connectivity index (χ0v) is 5.57. The average Bonchev–Trinajstić information content (AvgIpc) is 1.90. The summed E-state index contributed by atoms with van der Waals surface area (Å²) in [7, 11) is -1.74. The third-order valence-electron chi connectivity index (χ3n) is 0.666. The summed E-state index contributed by atoms with van der Waals surface area (Å²) in [6.45, 7) is 1.36. The van der Waals surface area contributed by atoms with Gasteiger partial charge in [-0.05, 0) is 6.92 Å². The molecule has 0 saturated carbocycles. The second kappa shape index (κ2) is 3.86. The molecule has 0 aromatic heterocycles. The van der Waals surface area contributed by atoms with Crippen LogP contribution < -0.4 is 0 Å². The molecule has 0 aliphatic heterocycles. The molecule has 0 aromatic carbocycles. The molecule has 0 spiro atoms. The van der Waals surface area contributed by atoms with Crippen LogP contribution in [0.5, 0.6) is 0 Å². The fourth-order valence-corrected chi connectivity index (χ4v) is 0.604. The highest BCUT2D eigenvalue weighted by molar-refractivity contribution is 7.59. The van der Waals surface area contributed by atoms with Crippen molar-refractivity contribution in [3.05, 3.63) is 5.31 Å². The van der Waals surface area contributed by atoms with Crippen LogP contribution in [0.1, 0.15) is 6.92 Å². The Morgan fingerprint density at radius 2 is 1.67 bits per heavy atom. The van der Waals surface area contributed by atoms with E-state index in [-0.39, 0.29) is 5.31 Å². The Labute approximate surface area is 52.0 Å². The van der Waals surface area contributed by atoms with E-state index in [9.17, 15) is 14.4 Å². The fraction of sp³-hybridized carbons (Fsp3) is 0.200. The van der Waals surface area contributed by atoms with Crippen LogP contribution in [0.3, 0.4) is 0 Å². The van der Waals surface area contributed by atoms with E-state index in [1.54, 1.807) is 0 Å². The smallest absolute Gasteiger partial charge is 0.161 e. The second-order valence-corrected chi connectivity index (χ2v) is 2.91. The van der Waals surface area contributed by atoms with Gasteiger partial charge < -0.3 is 0 Å². The van der Waals surface area contributed by atoms with Crippen LogP contribution in [0.2, 0.25) is 0 Å². The van der Waals surface area contributed by atoms with Gasteiger partial charge in [0, 0.05) is 0 Å². The van der Waals surface area contributed by atoms with Crippen molar-refractivity contribution in [2.75, 3.05) is 0 Å². The van der Waals surface area contributed by atoms with Gasteiger partial charge in [-0.3, -0.25) is 0 Å². The monoisotopic (exact) mass is 142 g/mol. The highest BCUT2D eigenvalue weighted by Crippen LogP contribution is 2.13. The zero-order chi connectivity index (χ0) is 7.28. The molecule has 0 bridgehead atoms. The fourth-order valence-electron chi connectivity index (χ4n) is 0.201. The topological polar surface area (TPSA) is 51.2 Å². The van der Waals surface area contributed by atoms with Crippen molar-refractivity contribution in [2.24, 2.45) is 0 Å². The van der Waals surface area contributed by atoms with E-state index < -0.39 is 7.17 Å². The maximum Gasteiger partial charge on any atom is 0.161 e. The molecule has 0 rings (SSSR count). The third-order valence-corrected chi connectivity index (χ3v) is 1.79. The highest BCUT2D eigenvalue weighted by atomic mass is 31.1. The Morgan fingerprint density at radius 3 is 1.78 bits per heavy atom. The molecule has 0 N–H and O–H groups in total. The summed E-state index contributed by atoms with van der Waals surface area (Å²) in [4.78, 5) is 29.3. The molecule has 0 heterocycles. The summed E-state index contributed by atoms with van der Waals surface area (Å²) in [5.74, 6) is 1.44. The van der Waals surface area contributed by atoms with Gasteiger partial charge in [-0.1, -0.05) is 0 Å². The summed E-state index contributed by atoms with van der Waals surface area (Å²) >= 11 is 0. The summed E-state index contributed by atoms with van der Waals surface area (Å²) in [6.07, 6.45) is 0. The van der Waals surface area contributed by atoms with E-state index in [0.717, 1.165) is 0 Å². The van der Waals surface area contributed by atoms with Crippen LogP contribution in [-0.2, 0) is 14.4 Å². The van der Waals surface area contributed by atoms with E-state index >= 15 is 0 Å². The quantitative estimate of drug-likeness (QED) is 0.391. The first-order valence-corrected chi connectivity index (χ1v) is 3.37. The molecular formula is C5H3O3P. The summed E-state index contributed by atoms with van der Waals surface area (Å²) in [5.41, 5.74) is 2.79.